The molecule has 0 aliphatic heterocycles. The molecule has 0 spiro atoms. The SMILES string of the molecule is CC(=O)c1cccc(F)c1OC(F)F. The van der Waals surface area contributed by atoms with E-state index in [2.05, 4.69) is 4.74 Å². The molecule has 0 aromatic heterocycles. The van der Waals surface area contributed by atoms with Gasteiger partial charge in [-0.3, -0.25) is 4.79 Å². The van der Waals surface area contributed by atoms with E-state index in [0.29, 0.717) is 0 Å². The summed E-state index contributed by atoms with van der Waals surface area (Å²) in [6.45, 7) is -2.00. The molecular formula is C9H7F3O2. The number of carbonyl (C=O) groups excluding carboxylic acids is 1. The van der Waals surface area contributed by atoms with Crippen molar-refractivity contribution >= 4 is 5.78 Å². The van der Waals surface area contributed by atoms with Crippen LogP contribution in [0, 0.1) is 5.82 Å². The zero-order chi connectivity index (χ0) is 10.7. The highest BCUT2D eigenvalue weighted by Crippen LogP contribution is 2.24. The van der Waals surface area contributed by atoms with E-state index < -0.39 is 24.0 Å². The Morgan fingerprint density at radius 1 is 1.43 bits per heavy atom. The smallest absolute Gasteiger partial charge is 0.387 e. The summed E-state index contributed by atoms with van der Waals surface area (Å²) in [6, 6.07) is 3.43. The predicted octanol–water partition coefficient (Wildman–Crippen LogP) is 2.63. The first kappa shape index (κ1) is 10.6. The van der Waals surface area contributed by atoms with Crippen molar-refractivity contribution in [2.24, 2.45) is 0 Å². The Bertz CT molecular complexity index is 350. The van der Waals surface area contributed by atoms with Gasteiger partial charge >= 0.3 is 6.61 Å². The molecule has 0 amide bonds. The minimum Gasteiger partial charge on any atom is -0.431 e. The Morgan fingerprint density at radius 3 is 2.57 bits per heavy atom. The lowest BCUT2D eigenvalue weighted by molar-refractivity contribution is -0.0524. The first-order valence-electron chi connectivity index (χ1n) is 3.76. The fourth-order valence-electron chi connectivity index (χ4n) is 0.995. The number of para-hydroxylation sites is 1. The second-order valence-electron chi connectivity index (χ2n) is 2.55. The van der Waals surface area contributed by atoms with Gasteiger partial charge in [0.2, 0.25) is 0 Å². The lowest BCUT2D eigenvalue weighted by Gasteiger charge is -2.08. The third-order valence-corrected chi connectivity index (χ3v) is 1.55. The molecule has 2 nitrogen and oxygen atoms in total. The number of hydrogen-bond donors (Lipinski definition) is 0. The number of ketones is 1. The zero-order valence-corrected chi connectivity index (χ0v) is 7.26. The van der Waals surface area contributed by atoms with Crippen LogP contribution in [-0.2, 0) is 0 Å². The molecule has 0 atom stereocenters. The average molecular weight is 204 g/mol. The largest absolute Gasteiger partial charge is 0.431 e. The predicted molar refractivity (Wildman–Crippen MR) is 43.0 cm³/mol. The molecule has 0 unspecified atom stereocenters. The Morgan fingerprint density at radius 2 is 2.07 bits per heavy atom. The molecule has 14 heavy (non-hydrogen) atoms. The molecule has 0 fully saturated rings. The molecule has 1 aromatic carbocycles. The third kappa shape index (κ3) is 2.25. The Hall–Kier alpha value is -1.52. The minimum absolute atomic E-state index is 0.190. The van der Waals surface area contributed by atoms with Gasteiger partial charge in [-0.2, -0.15) is 8.78 Å². The van der Waals surface area contributed by atoms with Crippen molar-refractivity contribution in [3.05, 3.63) is 29.6 Å². The number of carbonyl (C=O) groups is 1. The maximum absolute atomic E-state index is 13.0. The van der Waals surface area contributed by atoms with E-state index in [1.54, 1.807) is 0 Å². The van der Waals surface area contributed by atoms with Crippen molar-refractivity contribution in [2.45, 2.75) is 13.5 Å². The number of alkyl halides is 2. The number of Topliss-reactive ketones (excluding diaryl/α,β-unsaturated/α-hetero) is 1. The standard InChI is InChI=1S/C9H7F3O2/c1-5(13)6-3-2-4-7(10)8(6)14-9(11)12/h2-4,9H,1H3. The van der Waals surface area contributed by atoms with Crippen LogP contribution < -0.4 is 4.74 Å². The number of hydrogen-bond acceptors (Lipinski definition) is 2. The van der Waals surface area contributed by atoms with Crippen molar-refractivity contribution in [2.75, 3.05) is 0 Å². The highest BCUT2D eigenvalue weighted by Gasteiger charge is 2.16. The molecule has 0 aliphatic rings. The normalized spacial score (nSPS) is 10.4. The average Bonchev–Trinajstić information content (AvgIpc) is 2.07. The molecule has 0 radical (unpaired) electrons. The van der Waals surface area contributed by atoms with Gasteiger partial charge in [0.15, 0.2) is 17.3 Å². The Balaban J connectivity index is 3.15. The van der Waals surface area contributed by atoms with Crippen molar-refractivity contribution in [1.29, 1.82) is 0 Å². The summed E-state index contributed by atoms with van der Waals surface area (Å²) in [5.41, 5.74) is -0.190. The van der Waals surface area contributed by atoms with Crippen LogP contribution in [0.25, 0.3) is 0 Å². The Labute approximate surface area is 78.3 Å². The summed E-state index contributed by atoms with van der Waals surface area (Å²) in [5, 5.41) is 0. The monoisotopic (exact) mass is 204 g/mol. The highest BCUT2D eigenvalue weighted by atomic mass is 19.3. The third-order valence-electron chi connectivity index (χ3n) is 1.55. The van der Waals surface area contributed by atoms with Gasteiger partial charge in [0.25, 0.3) is 0 Å². The van der Waals surface area contributed by atoms with E-state index in [0.717, 1.165) is 13.0 Å². The van der Waals surface area contributed by atoms with E-state index in [9.17, 15) is 18.0 Å². The minimum atomic E-state index is -3.15. The molecule has 5 heteroatoms. The van der Waals surface area contributed by atoms with Crippen molar-refractivity contribution < 1.29 is 22.7 Å². The van der Waals surface area contributed by atoms with Crippen molar-refractivity contribution in [3.8, 4) is 5.75 Å². The van der Waals surface area contributed by atoms with Gasteiger partial charge in [-0.1, -0.05) is 6.07 Å². The van der Waals surface area contributed by atoms with E-state index in [4.69, 9.17) is 0 Å². The van der Waals surface area contributed by atoms with Gasteiger partial charge < -0.3 is 4.74 Å². The summed E-state index contributed by atoms with van der Waals surface area (Å²) in [6.07, 6.45) is 0. The van der Waals surface area contributed by atoms with Gasteiger partial charge in [-0.05, 0) is 19.1 Å². The summed E-state index contributed by atoms with van der Waals surface area (Å²) >= 11 is 0. The van der Waals surface area contributed by atoms with E-state index >= 15 is 0 Å². The van der Waals surface area contributed by atoms with E-state index in [1.807, 2.05) is 0 Å². The van der Waals surface area contributed by atoms with Crippen LogP contribution in [0.15, 0.2) is 18.2 Å². The van der Waals surface area contributed by atoms with Crippen LogP contribution in [0.3, 0.4) is 0 Å². The lowest BCUT2D eigenvalue weighted by Crippen LogP contribution is -2.08. The molecule has 0 bridgehead atoms. The Kier molecular flexibility index (Phi) is 3.11. The molecular weight excluding hydrogens is 197 g/mol. The second kappa shape index (κ2) is 4.13. The summed E-state index contributed by atoms with van der Waals surface area (Å²) in [5.74, 6) is -2.20. The molecule has 0 N–H and O–H groups in total. The molecule has 0 heterocycles. The number of halogens is 3. The van der Waals surface area contributed by atoms with Gasteiger partial charge in [-0.15, -0.1) is 0 Å². The molecule has 0 aliphatic carbocycles. The molecule has 1 aromatic rings. The summed E-state index contributed by atoms with van der Waals surface area (Å²) in [4.78, 5) is 10.9. The molecule has 1 rings (SSSR count). The van der Waals surface area contributed by atoms with Gasteiger partial charge in [-0.25, -0.2) is 4.39 Å². The van der Waals surface area contributed by atoms with Gasteiger partial charge in [0.1, 0.15) is 0 Å². The topological polar surface area (TPSA) is 26.3 Å². The maximum Gasteiger partial charge on any atom is 0.387 e. The summed E-state index contributed by atoms with van der Waals surface area (Å²) < 4.78 is 40.6. The number of ether oxygens (including phenoxy) is 1. The second-order valence-corrected chi connectivity index (χ2v) is 2.55. The zero-order valence-electron chi connectivity index (χ0n) is 7.26. The summed E-state index contributed by atoms with van der Waals surface area (Å²) in [7, 11) is 0. The van der Waals surface area contributed by atoms with Crippen LogP contribution in [0.1, 0.15) is 17.3 Å². The molecule has 0 saturated carbocycles. The quantitative estimate of drug-likeness (QED) is 0.707. The van der Waals surface area contributed by atoms with Crippen LogP contribution >= 0.6 is 0 Å². The fourth-order valence-corrected chi connectivity index (χ4v) is 0.995. The van der Waals surface area contributed by atoms with Crippen LogP contribution in [0.4, 0.5) is 13.2 Å². The van der Waals surface area contributed by atoms with Crippen molar-refractivity contribution in [3.63, 3.8) is 0 Å². The van der Waals surface area contributed by atoms with Crippen LogP contribution in [0.5, 0.6) is 5.75 Å². The first-order valence-corrected chi connectivity index (χ1v) is 3.76. The number of benzene rings is 1. The maximum atomic E-state index is 13.0. The molecule has 0 saturated heterocycles. The first-order chi connectivity index (χ1) is 6.52. The van der Waals surface area contributed by atoms with E-state index in [1.165, 1.54) is 12.1 Å². The molecule has 76 valence electrons. The fraction of sp³-hybridized carbons (Fsp3) is 0.222. The van der Waals surface area contributed by atoms with Gasteiger partial charge in [0.05, 0.1) is 5.56 Å². The van der Waals surface area contributed by atoms with Crippen LogP contribution in [0.2, 0.25) is 0 Å². The van der Waals surface area contributed by atoms with Crippen LogP contribution in [-0.4, -0.2) is 12.4 Å². The number of rotatable bonds is 3. The highest BCUT2D eigenvalue weighted by molar-refractivity contribution is 5.96. The van der Waals surface area contributed by atoms with E-state index in [-0.39, 0.29) is 5.56 Å². The van der Waals surface area contributed by atoms with Gasteiger partial charge in [0, 0.05) is 0 Å². The lowest BCUT2D eigenvalue weighted by atomic mass is 10.1. The van der Waals surface area contributed by atoms with Crippen molar-refractivity contribution in [1.82, 2.24) is 0 Å².